The van der Waals surface area contributed by atoms with Crippen molar-refractivity contribution < 1.29 is 4.74 Å². The monoisotopic (exact) mass is 295 g/mol. The normalized spacial score (nSPS) is 28.4. The Morgan fingerprint density at radius 3 is 2.80 bits per heavy atom. The van der Waals surface area contributed by atoms with Gasteiger partial charge in [0.25, 0.3) is 0 Å². The van der Waals surface area contributed by atoms with Crippen LogP contribution < -0.4 is 4.74 Å². The van der Waals surface area contributed by atoms with E-state index < -0.39 is 0 Å². The van der Waals surface area contributed by atoms with Gasteiger partial charge in [0, 0.05) is 12.1 Å². The molecule has 3 heteroatoms. The molecule has 3 atom stereocenters. The van der Waals surface area contributed by atoms with Crippen molar-refractivity contribution >= 4 is 12.4 Å². The van der Waals surface area contributed by atoms with Gasteiger partial charge in [-0.15, -0.1) is 12.4 Å². The van der Waals surface area contributed by atoms with Crippen molar-refractivity contribution in [3.63, 3.8) is 0 Å². The molecule has 3 rings (SSSR count). The first kappa shape index (κ1) is 15.7. The van der Waals surface area contributed by atoms with Gasteiger partial charge in [0.1, 0.15) is 5.75 Å². The van der Waals surface area contributed by atoms with E-state index in [1.807, 2.05) is 0 Å². The van der Waals surface area contributed by atoms with Gasteiger partial charge in [-0.25, -0.2) is 0 Å². The Balaban J connectivity index is 0.00000147. The highest BCUT2D eigenvalue weighted by atomic mass is 35.5. The first-order valence-corrected chi connectivity index (χ1v) is 7.65. The largest absolute Gasteiger partial charge is 0.496 e. The summed E-state index contributed by atoms with van der Waals surface area (Å²) in [6, 6.07) is 8.03. The van der Waals surface area contributed by atoms with Crippen LogP contribution in [0.5, 0.6) is 5.75 Å². The zero-order chi connectivity index (χ0) is 13.4. The predicted octanol–water partition coefficient (Wildman–Crippen LogP) is 3.70. The lowest BCUT2D eigenvalue weighted by Crippen LogP contribution is -2.40. The Morgan fingerprint density at radius 1 is 1.30 bits per heavy atom. The lowest BCUT2D eigenvalue weighted by Gasteiger charge is -2.34. The number of likely N-dealkylation sites (tertiary alicyclic amines) is 1. The zero-order valence-electron chi connectivity index (χ0n) is 12.8. The first-order chi connectivity index (χ1) is 9.24. The lowest BCUT2D eigenvalue weighted by atomic mass is 9.80. The zero-order valence-corrected chi connectivity index (χ0v) is 13.6. The second-order valence-corrected chi connectivity index (χ2v) is 6.16. The van der Waals surface area contributed by atoms with Crippen LogP contribution in [-0.2, 0) is 12.8 Å². The highest BCUT2D eigenvalue weighted by Crippen LogP contribution is 2.41. The van der Waals surface area contributed by atoms with Crippen molar-refractivity contribution in [1.82, 2.24) is 4.90 Å². The molecular formula is C17H26ClNO. The minimum atomic E-state index is 0. The van der Waals surface area contributed by atoms with E-state index in [9.17, 15) is 0 Å². The highest BCUT2D eigenvalue weighted by Gasteiger charge is 2.41. The molecule has 112 valence electrons. The van der Waals surface area contributed by atoms with Crippen LogP contribution in [0, 0.1) is 5.92 Å². The van der Waals surface area contributed by atoms with Crippen LogP contribution in [0.4, 0.5) is 0 Å². The number of ether oxygens (including phenoxy) is 1. The van der Waals surface area contributed by atoms with E-state index in [-0.39, 0.29) is 12.4 Å². The number of halogens is 1. The second kappa shape index (κ2) is 6.36. The third kappa shape index (κ3) is 2.56. The number of fused-ring (bicyclic) bond motifs is 2. The van der Waals surface area contributed by atoms with Gasteiger partial charge in [0.05, 0.1) is 7.11 Å². The van der Waals surface area contributed by atoms with Gasteiger partial charge in [-0.1, -0.05) is 19.1 Å². The van der Waals surface area contributed by atoms with Crippen molar-refractivity contribution in [1.29, 1.82) is 0 Å². The fraction of sp³-hybridized carbons (Fsp3) is 0.647. The molecule has 1 aliphatic carbocycles. The van der Waals surface area contributed by atoms with Crippen LogP contribution in [-0.4, -0.2) is 30.6 Å². The molecule has 1 saturated heterocycles. The minimum Gasteiger partial charge on any atom is -0.496 e. The molecular weight excluding hydrogens is 270 g/mol. The van der Waals surface area contributed by atoms with Gasteiger partial charge in [-0.2, -0.15) is 0 Å². The minimum absolute atomic E-state index is 0. The summed E-state index contributed by atoms with van der Waals surface area (Å²) in [5.41, 5.74) is 2.98. The third-order valence-electron chi connectivity index (χ3n) is 5.01. The summed E-state index contributed by atoms with van der Waals surface area (Å²) in [5, 5.41) is 0. The quantitative estimate of drug-likeness (QED) is 0.843. The van der Waals surface area contributed by atoms with Crippen molar-refractivity contribution in [2.75, 3.05) is 13.7 Å². The summed E-state index contributed by atoms with van der Waals surface area (Å²) >= 11 is 0. The molecule has 1 aromatic carbocycles. The standard InChI is InChI=1S/C17H25NO.ClH/c1-4-8-18-12(2)9-14-10-13-6-5-7-17(19-3)15(13)11-16(14)18;/h5-7,12,14,16H,4,8-11H2,1-3H3;1H. The molecule has 2 aliphatic rings. The maximum Gasteiger partial charge on any atom is 0.122 e. The summed E-state index contributed by atoms with van der Waals surface area (Å²) < 4.78 is 5.56. The van der Waals surface area contributed by atoms with Gasteiger partial charge >= 0.3 is 0 Å². The Hall–Kier alpha value is -0.730. The van der Waals surface area contributed by atoms with Crippen molar-refractivity contribution in [2.45, 2.75) is 51.6 Å². The molecule has 1 aromatic rings. The molecule has 1 aliphatic heterocycles. The Bertz CT molecular complexity index is 462. The number of rotatable bonds is 3. The average Bonchev–Trinajstić information content (AvgIpc) is 2.72. The van der Waals surface area contributed by atoms with Crippen LogP contribution in [0.1, 0.15) is 37.8 Å². The van der Waals surface area contributed by atoms with Gasteiger partial charge in [0.2, 0.25) is 0 Å². The maximum absolute atomic E-state index is 5.56. The van der Waals surface area contributed by atoms with Gasteiger partial charge < -0.3 is 4.74 Å². The van der Waals surface area contributed by atoms with Crippen LogP contribution in [0.15, 0.2) is 18.2 Å². The Kier molecular flexibility index (Phi) is 4.98. The molecule has 20 heavy (non-hydrogen) atoms. The van der Waals surface area contributed by atoms with E-state index in [0.717, 1.165) is 23.8 Å². The van der Waals surface area contributed by atoms with E-state index >= 15 is 0 Å². The molecule has 0 amide bonds. The smallest absolute Gasteiger partial charge is 0.122 e. The molecule has 0 saturated carbocycles. The lowest BCUT2D eigenvalue weighted by molar-refractivity contribution is 0.180. The summed E-state index contributed by atoms with van der Waals surface area (Å²) in [6.45, 7) is 5.93. The molecule has 3 unspecified atom stereocenters. The van der Waals surface area contributed by atoms with Crippen molar-refractivity contribution in [3.05, 3.63) is 29.3 Å². The number of hydrogen-bond acceptors (Lipinski definition) is 2. The van der Waals surface area contributed by atoms with Gasteiger partial charge in [-0.05, 0) is 62.3 Å². The maximum atomic E-state index is 5.56. The van der Waals surface area contributed by atoms with E-state index in [1.54, 1.807) is 7.11 Å². The summed E-state index contributed by atoms with van der Waals surface area (Å²) in [7, 11) is 1.79. The molecule has 0 bridgehead atoms. The van der Waals surface area contributed by atoms with Crippen LogP contribution in [0.2, 0.25) is 0 Å². The molecule has 0 radical (unpaired) electrons. The number of hydrogen-bond donors (Lipinski definition) is 0. The summed E-state index contributed by atoms with van der Waals surface area (Å²) in [4.78, 5) is 2.74. The molecule has 0 spiro atoms. The van der Waals surface area contributed by atoms with E-state index in [0.29, 0.717) is 0 Å². The third-order valence-corrected chi connectivity index (χ3v) is 5.01. The van der Waals surface area contributed by atoms with E-state index in [4.69, 9.17) is 4.74 Å². The van der Waals surface area contributed by atoms with Crippen LogP contribution in [0.25, 0.3) is 0 Å². The van der Waals surface area contributed by atoms with E-state index in [2.05, 4.69) is 36.9 Å². The van der Waals surface area contributed by atoms with Crippen LogP contribution >= 0.6 is 12.4 Å². The Labute approximate surface area is 128 Å². The van der Waals surface area contributed by atoms with Crippen molar-refractivity contribution in [3.8, 4) is 5.75 Å². The molecule has 0 N–H and O–H groups in total. The number of methoxy groups -OCH3 is 1. The highest BCUT2D eigenvalue weighted by molar-refractivity contribution is 5.85. The summed E-state index contributed by atoms with van der Waals surface area (Å²) in [5.74, 6) is 1.94. The van der Waals surface area contributed by atoms with Gasteiger partial charge in [-0.3, -0.25) is 4.90 Å². The second-order valence-electron chi connectivity index (χ2n) is 6.16. The molecule has 0 aromatic heterocycles. The molecule has 2 nitrogen and oxygen atoms in total. The molecule has 1 fully saturated rings. The fourth-order valence-corrected chi connectivity index (χ4v) is 4.19. The first-order valence-electron chi connectivity index (χ1n) is 7.65. The molecule has 1 heterocycles. The van der Waals surface area contributed by atoms with Gasteiger partial charge in [0.15, 0.2) is 0 Å². The fourth-order valence-electron chi connectivity index (χ4n) is 4.19. The van der Waals surface area contributed by atoms with Crippen molar-refractivity contribution in [2.24, 2.45) is 5.92 Å². The number of benzene rings is 1. The summed E-state index contributed by atoms with van der Waals surface area (Å²) in [6.07, 6.45) is 5.03. The predicted molar refractivity (Wildman–Crippen MR) is 86.0 cm³/mol. The van der Waals surface area contributed by atoms with E-state index in [1.165, 1.54) is 43.4 Å². The average molecular weight is 296 g/mol. The Morgan fingerprint density at radius 2 is 2.10 bits per heavy atom. The SMILES string of the molecule is CCCN1C(C)CC2Cc3cccc(OC)c3CC21.Cl. The number of nitrogens with zero attached hydrogens (tertiary/aromatic N) is 1. The van der Waals surface area contributed by atoms with Crippen LogP contribution in [0.3, 0.4) is 0 Å². The topological polar surface area (TPSA) is 12.5 Å².